The summed E-state index contributed by atoms with van der Waals surface area (Å²) in [5, 5.41) is 2.97. The number of benzene rings is 1. The smallest absolute Gasteiger partial charge is 0.321 e. The summed E-state index contributed by atoms with van der Waals surface area (Å²) in [5.41, 5.74) is 2.01. The van der Waals surface area contributed by atoms with Crippen LogP contribution in [0.4, 0.5) is 10.5 Å². The van der Waals surface area contributed by atoms with E-state index in [1.807, 2.05) is 58.5 Å². The van der Waals surface area contributed by atoms with Crippen molar-refractivity contribution in [1.82, 2.24) is 14.8 Å². The number of hydrogen-bond donors (Lipinski definition) is 1. The van der Waals surface area contributed by atoms with Crippen molar-refractivity contribution in [1.29, 1.82) is 0 Å². The number of aromatic nitrogens is 1. The first-order valence-electron chi connectivity index (χ1n) is 9.91. The number of hydrogen-bond acceptors (Lipinski definition) is 3. The Bertz CT molecular complexity index is 817. The van der Waals surface area contributed by atoms with Crippen LogP contribution in [-0.2, 0) is 11.3 Å². The molecular weight excluding hydrogens is 352 g/mol. The van der Waals surface area contributed by atoms with Gasteiger partial charge in [0.15, 0.2) is 0 Å². The molecule has 3 heterocycles. The minimum atomic E-state index is -0.0415. The Kier molecular flexibility index (Phi) is 5.28. The molecule has 2 saturated heterocycles. The number of pyridine rings is 1. The second kappa shape index (κ2) is 8.00. The molecule has 2 fully saturated rings. The Morgan fingerprint density at radius 1 is 1.07 bits per heavy atom. The summed E-state index contributed by atoms with van der Waals surface area (Å²) in [6, 6.07) is 13.4. The van der Waals surface area contributed by atoms with Gasteiger partial charge in [0.25, 0.3) is 0 Å². The van der Waals surface area contributed by atoms with Crippen LogP contribution in [0, 0.1) is 5.41 Å². The van der Waals surface area contributed by atoms with Crippen LogP contribution in [0.1, 0.15) is 31.2 Å². The summed E-state index contributed by atoms with van der Waals surface area (Å²) in [7, 11) is 0. The molecule has 3 amide bonds. The molecule has 1 spiro atoms. The van der Waals surface area contributed by atoms with Crippen molar-refractivity contribution in [3.8, 4) is 0 Å². The van der Waals surface area contributed by atoms with Gasteiger partial charge in [0.1, 0.15) is 0 Å². The highest BCUT2D eigenvalue weighted by molar-refractivity contribution is 5.89. The molecule has 28 heavy (non-hydrogen) atoms. The van der Waals surface area contributed by atoms with E-state index in [4.69, 9.17) is 0 Å². The fourth-order valence-electron chi connectivity index (χ4n) is 4.27. The number of anilines is 1. The maximum Gasteiger partial charge on any atom is 0.321 e. The van der Waals surface area contributed by atoms with Gasteiger partial charge in [0.05, 0.1) is 0 Å². The third-order valence-electron chi connectivity index (χ3n) is 5.98. The quantitative estimate of drug-likeness (QED) is 0.889. The molecule has 146 valence electrons. The Labute approximate surface area is 165 Å². The van der Waals surface area contributed by atoms with Crippen LogP contribution in [0.2, 0.25) is 0 Å². The van der Waals surface area contributed by atoms with E-state index in [9.17, 15) is 9.59 Å². The highest BCUT2D eigenvalue weighted by Crippen LogP contribution is 2.40. The van der Waals surface area contributed by atoms with Gasteiger partial charge in [0, 0.05) is 50.7 Å². The lowest BCUT2D eigenvalue weighted by atomic mass is 9.72. The van der Waals surface area contributed by atoms with Gasteiger partial charge in [-0.25, -0.2) is 4.79 Å². The monoisotopic (exact) mass is 378 g/mol. The Balaban J connectivity index is 1.35. The molecule has 6 nitrogen and oxygen atoms in total. The highest BCUT2D eigenvalue weighted by Gasteiger charge is 2.41. The number of amides is 3. The molecule has 0 bridgehead atoms. The van der Waals surface area contributed by atoms with Crippen LogP contribution in [-0.4, -0.2) is 46.4 Å². The number of nitrogens with one attached hydrogen (secondary N) is 1. The molecule has 1 aromatic heterocycles. The first-order valence-corrected chi connectivity index (χ1v) is 9.91. The third kappa shape index (κ3) is 4.16. The minimum absolute atomic E-state index is 0.0415. The van der Waals surface area contributed by atoms with Gasteiger partial charge >= 0.3 is 6.03 Å². The number of carbonyl (C=O) groups excluding carboxylic acids is 2. The molecule has 1 N–H and O–H groups in total. The van der Waals surface area contributed by atoms with Crippen molar-refractivity contribution < 1.29 is 9.59 Å². The molecule has 2 aromatic rings. The predicted octanol–water partition coefficient (Wildman–Crippen LogP) is 3.52. The Morgan fingerprint density at radius 2 is 1.86 bits per heavy atom. The van der Waals surface area contributed by atoms with E-state index in [-0.39, 0.29) is 17.4 Å². The summed E-state index contributed by atoms with van der Waals surface area (Å²) in [4.78, 5) is 33.0. The average molecular weight is 378 g/mol. The number of para-hydroxylation sites is 1. The van der Waals surface area contributed by atoms with Gasteiger partial charge in [-0.1, -0.05) is 24.3 Å². The summed E-state index contributed by atoms with van der Waals surface area (Å²) in [5.74, 6) is 0.221. The van der Waals surface area contributed by atoms with Gasteiger partial charge in [0.2, 0.25) is 5.91 Å². The standard InChI is InChI=1S/C22H26N4O2/c27-20-8-9-22(17-26(20)16-18-5-4-12-23-15-18)10-13-25(14-11-22)21(28)24-19-6-2-1-3-7-19/h1-7,12,15H,8-11,13-14,16-17H2,(H,24,28). The lowest BCUT2D eigenvalue weighted by Crippen LogP contribution is -2.52. The minimum Gasteiger partial charge on any atom is -0.338 e. The van der Waals surface area contributed by atoms with E-state index >= 15 is 0 Å². The maximum atomic E-state index is 12.5. The van der Waals surface area contributed by atoms with Crippen molar-refractivity contribution in [3.05, 3.63) is 60.4 Å². The lowest BCUT2D eigenvalue weighted by molar-refractivity contribution is -0.139. The van der Waals surface area contributed by atoms with Crippen molar-refractivity contribution >= 4 is 17.6 Å². The number of urea groups is 1. The number of carbonyl (C=O) groups is 2. The number of likely N-dealkylation sites (tertiary alicyclic amines) is 2. The zero-order valence-electron chi connectivity index (χ0n) is 16.0. The zero-order chi connectivity index (χ0) is 19.4. The van der Waals surface area contributed by atoms with E-state index in [0.717, 1.165) is 50.1 Å². The van der Waals surface area contributed by atoms with Crippen LogP contribution < -0.4 is 5.32 Å². The molecule has 0 saturated carbocycles. The molecule has 1 aromatic carbocycles. The van der Waals surface area contributed by atoms with E-state index in [2.05, 4.69) is 10.3 Å². The molecule has 2 aliphatic rings. The third-order valence-corrected chi connectivity index (χ3v) is 5.98. The van der Waals surface area contributed by atoms with Crippen molar-refractivity contribution in [2.75, 3.05) is 25.0 Å². The number of piperidine rings is 2. The second-order valence-electron chi connectivity index (χ2n) is 7.89. The van der Waals surface area contributed by atoms with Crippen molar-refractivity contribution in [2.24, 2.45) is 5.41 Å². The van der Waals surface area contributed by atoms with Gasteiger partial charge in [-0.15, -0.1) is 0 Å². The zero-order valence-corrected chi connectivity index (χ0v) is 16.0. The predicted molar refractivity (Wildman–Crippen MR) is 108 cm³/mol. The van der Waals surface area contributed by atoms with Crippen LogP contribution in [0.15, 0.2) is 54.9 Å². The van der Waals surface area contributed by atoms with Crippen LogP contribution >= 0.6 is 0 Å². The molecule has 6 heteroatoms. The van der Waals surface area contributed by atoms with Crippen LogP contribution in [0.5, 0.6) is 0 Å². The van der Waals surface area contributed by atoms with Crippen molar-refractivity contribution in [2.45, 2.75) is 32.2 Å². The molecule has 0 radical (unpaired) electrons. The molecule has 0 atom stereocenters. The fourth-order valence-corrected chi connectivity index (χ4v) is 4.27. The average Bonchev–Trinajstić information content (AvgIpc) is 2.73. The molecule has 0 unspecified atom stereocenters. The topological polar surface area (TPSA) is 65.5 Å². The second-order valence-corrected chi connectivity index (χ2v) is 7.89. The molecule has 2 aliphatic heterocycles. The number of nitrogens with zero attached hydrogens (tertiary/aromatic N) is 3. The van der Waals surface area contributed by atoms with Crippen LogP contribution in [0.3, 0.4) is 0 Å². The largest absolute Gasteiger partial charge is 0.338 e. The SMILES string of the molecule is O=C1CCC2(CCN(C(=O)Nc3ccccc3)CC2)CN1Cc1cccnc1. The highest BCUT2D eigenvalue weighted by atomic mass is 16.2. The lowest BCUT2D eigenvalue weighted by Gasteiger charge is -2.47. The molecule has 4 rings (SSSR count). The maximum absolute atomic E-state index is 12.5. The Hall–Kier alpha value is -2.89. The number of rotatable bonds is 3. The Morgan fingerprint density at radius 3 is 2.57 bits per heavy atom. The summed E-state index contributed by atoms with van der Waals surface area (Å²) >= 11 is 0. The normalized spacial score (nSPS) is 18.9. The summed E-state index contributed by atoms with van der Waals surface area (Å²) < 4.78 is 0. The van der Waals surface area contributed by atoms with E-state index in [1.165, 1.54) is 0 Å². The first kappa shape index (κ1) is 18.5. The summed E-state index contributed by atoms with van der Waals surface area (Å²) in [6.07, 6.45) is 6.96. The molecule has 0 aliphatic carbocycles. The van der Waals surface area contributed by atoms with E-state index < -0.39 is 0 Å². The van der Waals surface area contributed by atoms with E-state index in [0.29, 0.717) is 13.0 Å². The van der Waals surface area contributed by atoms with E-state index in [1.54, 1.807) is 6.20 Å². The fraction of sp³-hybridized carbons (Fsp3) is 0.409. The van der Waals surface area contributed by atoms with Gasteiger partial charge in [-0.3, -0.25) is 9.78 Å². The molecular formula is C22H26N4O2. The van der Waals surface area contributed by atoms with Crippen LogP contribution in [0.25, 0.3) is 0 Å². The van der Waals surface area contributed by atoms with Gasteiger partial charge in [-0.2, -0.15) is 0 Å². The summed E-state index contributed by atoms with van der Waals surface area (Å²) in [6.45, 7) is 2.85. The van der Waals surface area contributed by atoms with Gasteiger partial charge < -0.3 is 15.1 Å². The first-order chi connectivity index (χ1) is 13.6. The van der Waals surface area contributed by atoms with Crippen molar-refractivity contribution in [3.63, 3.8) is 0 Å². The van der Waals surface area contributed by atoms with Gasteiger partial charge in [-0.05, 0) is 48.4 Å².